The van der Waals surface area contributed by atoms with Crippen LogP contribution in [0.5, 0.6) is 0 Å². The van der Waals surface area contributed by atoms with Gasteiger partial charge < -0.3 is 14.4 Å². The van der Waals surface area contributed by atoms with E-state index >= 15 is 0 Å². The summed E-state index contributed by atoms with van der Waals surface area (Å²) in [6, 6.07) is 19.1. The fourth-order valence-corrected chi connectivity index (χ4v) is 4.22. The summed E-state index contributed by atoms with van der Waals surface area (Å²) in [6.07, 6.45) is -0.757. The van der Waals surface area contributed by atoms with Crippen LogP contribution in [0.15, 0.2) is 65.1 Å². The highest BCUT2D eigenvalue weighted by Crippen LogP contribution is 2.31. The van der Waals surface area contributed by atoms with Gasteiger partial charge in [-0.25, -0.2) is 9.37 Å². The van der Waals surface area contributed by atoms with Crippen molar-refractivity contribution in [1.82, 2.24) is 9.88 Å². The van der Waals surface area contributed by atoms with Gasteiger partial charge in [0.25, 0.3) is 0 Å². The third-order valence-corrected chi connectivity index (χ3v) is 5.72. The summed E-state index contributed by atoms with van der Waals surface area (Å²) in [5.74, 6) is 0.341. The van der Waals surface area contributed by atoms with Crippen LogP contribution in [0.3, 0.4) is 0 Å². The summed E-state index contributed by atoms with van der Waals surface area (Å²) in [5, 5.41) is 11.6. The Hall–Kier alpha value is -3.25. The van der Waals surface area contributed by atoms with Crippen LogP contribution in [0.25, 0.3) is 33.3 Å². The van der Waals surface area contributed by atoms with Crippen LogP contribution in [0.2, 0.25) is 0 Å². The Labute approximate surface area is 172 Å². The van der Waals surface area contributed by atoms with Crippen LogP contribution in [0.4, 0.5) is 4.39 Å². The number of alkyl halides is 1. The van der Waals surface area contributed by atoms with Gasteiger partial charge in [0.15, 0.2) is 5.58 Å². The van der Waals surface area contributed by atoms with E-state index < -0.39 is 12.2 Å². The summed E-state index contributed by atoms with van der Waals surface area (Å²) in [4.78, 5) is 18.7. The number of hydrogen-bond donors (Lipinski definition) is 1. The molecular formula is C24H21FN2O3. The minimum Gasteiger partial charge on any atom is -0.436 e. The van der Waals surface area contributed by atoms with Gasteiger partial charge in [-0.15, -0.1) is 0 Å². The summed E-state index contributed by atoms with van der Waals surface area (Å²) >= 11 is 0. The van der Waals surface area contributed by atoms with Crippen molar-refractivity contribution in [3.63, 3.8) is 0 Å². The van der Waals surface area contributed by atoms with Gasteiger partial charge in [0.2, 0.25) is 11.8 Å². The maximum Gasteiger partial charge on any atom is 0.227 e. The van der Waals surface area contributed by atoms with Crippen molar-refractivity contribution in [2.45, 2.75) is 25.1 Å². The van der Waals surface area contributed by atoms with E-state index in [0.29, 0.717) is 17.0 Å². The molecule has 2 heterocycles. The van der Waals surface area contributed by atoms with E-state index in [9.17, 15) is 14.3 Å². The Morgan fingerprint density at radius 2 is 2.00 bits per heavy atom. The van der Waals surface area contributed by atoms with Crippen LogP contribution in [-0.4, -0.2) is 46.3 Å². The molecule has 2 atom stereocenters. The Bertz CT molecular complexity index is 1230. The minimum absolute atomic E-state index is 0.0415. The fraction of sp³-hybridized carbons (Fsp3) is 0.250. The lowest BCUT2D eigenvalue weighted by atomic mass is 10.0. The number of aromatic nitrogens is 1. The second-order valence-corrected chi connectivity index (χ2v) is 7.74. The van der Waals surface area contributed by atoms with Crippen molar-refractivity contribution < 1.29 is 18.7 Å². The quantitative estimate of drug-likeness (QED) is 0.556. The summed E-state index contributed by atoms with van der Waals surface area (Å²) < 4.78 is 19.7. The molecule has 0 bridgehead atoms. The van der Waals surface area contributed by atoms with E-state index in [1.54, 1.807) is 0 Å². The van der Waals surface area contributed by atoms with E-state index in [-0.39, 0.29) is 31.9 Å². The monoisotopic (exact) mass is 404 g/mol. The predicted molar refractivity (Wildman–Crippen MR) is 113 cm³/mol. The number of likely N-dealkylation sites (tertiary alicyclic amines) is 1. The normalized spacial score (nSPS) is 19.1. The number of benzene rings is 3. The van der Waals surface area contributed by atoms with Crippen molar-refractivity contribution in [1.29, 1.82) is 0 Å². The third-order valence-electron chi connectivity index (χ3n) is 5.72. The molecule has 1 aliphatic rings. The number of aliphatic hydroxyl groups excluding tert-OH is 1. The molecule has 6 heteroatoms. The first-order valence-electron chi connectivity index (χ1n) is 10.0. The highest BCUT2D eigenvalue weighted by Gasteiger charge is 2.34. The molecule has 0 radical (unpaired) electrons. The molecule has 5 nitrogen and oxygen atoms in total. The number of hydrogen-bond acceptors (Lipinski definition) is 4. The van der Waals surface area contributed by atoms with E-state index in [1.165, 1.54) is 4.90 Å². The molecule has 1 fully saturated rings. The van der Waals surface area contributed by atoms with E-state index in [1.807, 2.05) is 60.7 Å². The predicted octanol–water partition coefficient (Wildman–Crippen LogP) is 4.12. The molecule has 1 aromatic heterocycles. The Morgan fingerprint density at radius 1 is 1.17 bits per heavy atom. The van der Waals surface area contributed by atoms with Gasteiger partial charge in [-0.2, -0.15) is 0 Å². The zero-order valence-corrected chi connectivity index (χ0v) is 16.3. The van der Waals surface area contributed by atoms with Crippen LogP contribution >= 0.6 is 0 Å². The van der Waals surface area contributed by atoms with Crippen LogP contribution in [0, 0.1) is 0 Å². The lowest BCUT2D eigenvalue weighted by Crippen LogP contribution is -2.38. The van der Waals surface area contributed by atoms with Crippen LogP contribution in [0.1, 0.15) is 12.0 Å². The first-order valence-corrected chi connectivity index (χ1v) is 10.0. The van der Waals surface area contributed by atoms with Crippen LogP contribution < -0.4 is 0 Å². The second-order valence-electron chi connectivity index (χ2n) is 7.74. The van der Waals surface area contributed by atoms with Crippen LogP contribution in [-0.2, 0) is 11.2 Å². The van der Waals surface area contributed by atoms with Crippen molar-refractivity contribution >= 4 is 27.8 Å². The van der Waals surface area contributed by atoms with Gasteiger partial charge in [0, 0.05) is 12.0 Å². The number of carbonyl (C=O) groups is 1. The molecule has 1 amide bonds. The molecule has 152 valence electrons. The molecular weight excluding hydrogens is 383 g/mol. The van der Waals surface area contributed by atoms with E-state index in [4.69, 9.17) is 4.42 Å². The topological polar surface area (TPSA) is 66.6 Å². The average Bonchev–Trinajstić information content (AvgIpc) is 3.36. The molecule has 4 aromatic rings. The van der Waals surface area contributed by atoms with Crippen molar-refractivity contribution in [2.24, 2.45) is 0 Å². The average molecular weight is 404 g/mol. The van der Waals surface area contributed by atoms with Gasteiger partial charge in [-0.05, 0) is 34.5 Å². The molecule has 3 aromatic carbocycles. The van der Waals surface area contributed by atoms with E-state index in [2.05, 4.69) is 4.98 Å². The molecule has 1 N–H and O–H groups in total. The fourth-order valence-electron chi connectivity index (χ4n) is 4.22. The van der Waals surface area contributed by atoms with Crippen molar-refractivity contribution in [3.05, 3.63) is 66.2 Å². The third kappa shape index (κ3) is 3.33. The molecule has 0 aliphatic carbocycles. The zero-order valence-electron chi connectivity index (χ0n) is 16.3. The second kappa shape index (κ2) is 7.54. The Balaban J connectivity index is 1.44. The number of oxazole rings is 1. The van der Waals surface area contributed by atoms with Crippen molar-refractivity contribution in [2.75, 3.05) is 13.2 Å². The van der Waals surface area contributed by atoms with Gasteiger partial charge in [-0.1, -0.05) is 42.5 Å². The number of nitrogens with zero attached hydrogens (tertiary/aromatic N) is 2. The highest BCUT2D eigenvalue weighted by atomic mass is 19.1. The maximum atomic E-state index is 13.7. The lowest BCUT2D eigenvalue weighted by molar-refractivity contribution is -0.132. The molecule has 5 rings (SSSR count). The molecule has 1 aliphatic heterocycles. The smallest absolute Gasteiger partial charge is 0.227 e. The number of carbonyl (C=O) groups excluding carboxylic acids is 1. The number of rotatable bonds is 4. The number of fused-ring (bicyclic) bond motifs is 2. The maximum absolute atomic E-state index is 13.7. The Kier molecular flexibility index (Phi) is 4.71. The van der Waals surface area contributed by atoms with E-state index in [0.717, 1.165) is 21.9 Å². The SMILES string of the molecule is O=C(Cc1ccc2nc(-c3cccc4ccccc34)oc2c1)N1C[C@@H](F)C[C@H]1CO. The molecule has 0 spiro atoms. The van der Waals surface area contributed by atoms with Gasteiger partial charge in [-0.3, -0.25) is 4.79 Å². The summed E-state index contributed by atoms with van der Waals surface area (Å²) in [7, 11) is 0. The minimum atomic E-state index is -1.08. The first-order chi connectivity index (χ1) is 14.6. The molecule has 0 unspecified atom stereocenters. The summed E-state index contributed by atoms with van der Waals surface area (Å²) in [5.41, 5.74) is 3.00. The number of amides is 1. The molecule has 0 saturated carbocycles. The highest BCUT2D eigenvalue weighted by molar-refractivity contribution is 5.95. The first kappa shape index (κ1) is 18.8. The Morgan fingerprint density at radius 3 is 2.87 bits per heavy atom. The van der Waals surface area contributed by atoms with Gasteiger partial charge >= 0.3 is 0 Å². The van der Waals surface area contributed by atoms with Gasteiger partial charge in [0.1, 0.15) is 11.7 Å². The standard InChI is InChI=1S/C24H21FN2O3/c25-17-12-18(14-28)27(13-17)23(29)11-15-8-9-21-22(10-15)30-24(26-21)20-7-3-5-16-4-1-2-6-19(16)20/h1-10,17-18,28H,11-14H2/t17-,18-/m0/s1. The summed E-state index contributed by atoms with van der Waals surface area (Å²) in [6.45, 7) is -0.179. The van der Waals surface area contributed by atoms with Crippen molar-refractivity contribution in [3.8, 4) is 11.5 Å². The molecule has 30 heavy (non-hydrogen) atoms. The largest absolute Gasteiger partial charge is 0.436 e. The molecule has 1 saturated heterocycles. The van der Waals surface area contributed by atoms with Gasteiger partial charge in [0.05, 0.1) is 25.6 Å². The lowest BCUT2D eigenvalue weighted by Gasteiger charge is -2.22. The zero-order chi connectivity index (χ0) is 20.7. The number of aliphatic hydroxyl groups is 1. The number of halogens is 1.